The topological polar surface area (TPSA) is 20.3 Å². The van der Waals surface area contributed by atoms with Crippen LogP contribution in [0.4, 0.5) is 8.78 Å². The molecule has 0 spiro atoms. The van der Waals surface area contributed by atoms with Crippen LogP contribution in [-0.2, 0) is 4.79 Å². The highest BCUT2D eigenvalue weighted by Gasteiger charge is 2.39. The zero-order valence-electron chi connectivity index (χ0n) is 6.89. The summed E-state index contributed by atoms with van der Waals surface area (Å²) in [5.74, 6) is -3.01. The van der Waals surface area contributed by atoms with E-state index in [9.17, 15) is 13.6 Å². The van der Waals surface area contributed by atoms with Crippen molar-refractivity contribution in [1.82, 2.24) is 4.90 Å². The Morgan fingerprint density at radius 1 is 1.58 bits per heavy atom. The standard InChI is InChI=1S/C8H11F2NO/c1-2-3-7(12)11-5-4-8(9,10)6-11/h2-3H,4-6H2,1H3/b3-2+. The molecular weight excluding hydrogens is 164 g/mol. The quantitative estimate of drug-likeness (QED) is 0.552. The third-order valence-corrected chi connectivity index (χ3v) is 1.79. The maximum Gasteiger partial charge on any atom is 0.267 e. The first-order valence-electron chi connectivity index (χ1n) is 3.84. The zero-order valence-corrected chi connectivity index (χ0v) is 6.89. The van der Waals surface area contributed by atoms with Crippen LogP contribution in [-0.4, -0.2) is 29.8 Å². The summed E-state index contributed by atoms with van der Waals surface area (Å²) in [6, 6.07) is 0. The third-order valence-electron chi connectivity index (χ3n) is 1.79. The minimum absolute atomic E-state index is 0.163. The number of carbonyl (C=O) groups excluding carboxylic acids is 1. The molecule has 2 nitrogen and oxygen atoms in total. The fourth-order valence-corrected chi connectivity index (χ4v) is 1.17. The monoisotopic (exact) mass is 175 g/mol. The van der Waals surface area contributed by atoms with Gasteiger partial charge in [0.2, 0.25) is 5.91 Å². The number of halogens is 2. The van der Waals surface area contributed by atoms with Crippen LogP contribution in [0.3, 0.4) is 0 Å². The number of rotatable bonds is 1. The lowest BCUT2D eigenvalue weighted by Gasteiger charge is -2.12. The van der Waals surface area contributed by atoms with Crippen molar-refractivity contribution in [1.29, 1.82) is 0 Å². The van der Waals surface area contributed by atoms with Gasteiger partial charge in [0.05, 0.1) is 6.54 Å². The first-order chi connectivity index (χ1) is 5.55. The molecule has 0 aromatic rings. The summed E-state index contributed by atoms with van der Waals surface area (Å²) in [6.07, 6.45) is 2.65. The molecule has 4 heteroatoms. The molecule has 0 atom stereocenters. The predicted molar refractivity (Wildman–Crippen MR) is 41.0 cm³/mol. The van der Waals surface area contributed by atoms with E-state index in [2.05, 4.69) is 0 Å². The van der Waals surface area contributed by atoms with E-state index in [-0.39, 0.29) is 18.9 Å². The Labute approximate surface area is 69.9 Å². The first-order valence-corrected chi connectivity index (χ1v) is 3.84. The van der Waals surface area contributed by atoms with Crippen LogP contribution in [0.1, 0.15) is 13.3 Å². The molecule has 1 aliphatic rings. The Balaban J connectivity index is 2.52. The van der Waals surface area contributed by atoms with Crippen LogP contribution in [0.15, 0.2) is 12.2 Å². The molecule has 1 amide bonds. The van der Waals surface area contributed by atoms with Crippen LogP contribution in [0, 0.1) is 0 Å². The number of carbonyl (C=O) groups is 1. The molecule has 1 heterocycles. The molecule has 12 heavy (non-hydrogen) atoms. The second-order valence-electron chi connectivity index (χ2n) is 2.87. The molecule has 0 bridgehead atoms. The first kappa shape index (κ1) is 9.16. The van der Waals surface area contributed by atoms with Gasteiger partial charge in [0.15, 0.2) is 0 Å². The Hall–Kier alpha value is -0.930. The van der Waals surface area contributed by atoms with Crippen molar-refractivity contribution in [2.75, 3.05) is 13.1 Å². The average Bonchev–Trinajstić information content (AvgIpc) is 2.31. The van der Waals surface area contributed by atoms with Crippen LogP contribution in [0.2, 0.25) is 0 Å². The lowest BCUT2D eigenvalue weighted by Crippen LogP contribution is -2.29. The summed E-state index contributed by atoms with van der Waals surface area (Å²) in [7, 11) is 0. The summed E-state index contributed by atoms with van der Waals surface area (Å²) in [6.45, 7) is 1.42. The molecule has 0 aliphatic carbocycles. The maximum absolute atomic E-state index is 12.6. The van der Waals surface area contributed by atoms with Crippen molar-refractivity contribution in [3.8, 4) is 0 Å². The number of alkyl halides is 2. The molecule has 0 radical (unpaired) electrons. The van der Waals surface area contributed by atoms with Gasteiger partial charge in [-0.15, -0.1) is 0 Å². The normalized spacial score (nSPS) is 22.1. The van der Waals surface area contributed by atoms with Crippen molar-refractivity contribution in [2.45, 2.75) is 19.3 Å². The average molecular weight is 175 g/mol. The zero-order chi connectivity index (χ0) is 9.19. The largest absolute Gasteiger partial charge is 0.333 e. The van der Waals surface area contributed by atoms with E-state index in [4.69, 9.17) is 0 Å². The molecule has 0 N–H and O–H groups in total. The fourth-order valence-electron chi connectivity index (χ4n) is 1.17. The van der Waals surface area contributed by atoms with E-state index in [1.807, 2.05) is 0 Å². The lowest BCUT2D eigenvalue weighted by molar-refractivity contribution is -0.126. The molecule has 0 aromatic heterocycles. The van der Waals surface area contributed by atoms with E-state index in [0.717, 1.165) is 0 Å². The second-order valence-corrected chi connectivity index (χ2v) is 2.87. The number of nitrogens with zero attached hydrogens (tertiary/aromatic N) is 1. The molecule has 68 valence electrons. The molecular formula is C8H11F2NO. The summed E-state index contributed by atoms with van der Waals surface area (Å²) in [5, 5.41) is 0. The Kier molecular flexibility index (Phi) is 2.45. The highest BCUT2D eigenvalue weighted by molar-refractivity contribution is 5.87. The van der Waals surface area contributed by atoms with E-state index < -0.39 is 12.5 Å². The van der Waals surface area contributed by atoms with Gasteiger partial charge in [0.25, 0.3) is 5.92 Å². The summed E-state index contributed by atoms with van der Waals surface area (Å²) in [4.78, 5) is 12.2. The highest BCUT2D eigenvalue weighted by atomic mass is 19.3. The summed E-state index contributed by atoms with van der Waals surface area (Å²) >= 11 is 0. The van der Waals surface area contributed by atoms with E-state index in [1.54, 1.807) is 13.0 Å². The van der Waals surface area contributed by atoms with Gasteiger partial charge in [-0.3, -0.25) is 4.79 Å². The van der Waals surface area contributed by atoms with E-state index in [1.165, 1.54) is 11.0 Å². The Morgan fingerprint density at radius 2 is 2.25 bits per heavy atom. The highest BCUT2D eigenvalue weighted by Crippen LogP contribution is 2.26. The van der Waals surface area contributed by atoms with Crippen LogP contribution in [0.5, 0.6) is 0 Å². The third kappa shape index (κ3) is 2.03. The van der Waals surface area contributed by atoms with Gasteiger partial charge in [-0.1, -0.05) is 6.08 Å². The van der Waals surface area contributed by atoms with E-state index >= 15 is 0 Å². The number of hydrogen-bond acceptors (Lipinski definition) is 1. The number of likely N-dealkylation sites (tertiary alicyclic amines) is 1. The Morgan fingerprint density at radius 3 is 2.67 bits per heavy atom. The van der Waals surface area contributed by atoms with Crippen LogP contribution < -0.4 is 0 Å². The van der Waals surface area contributed by atoms with Gasteiger partial charge in [0, 0.05) is 13.0 Å². The van der Waals surface area contributed by atoms with Crippen molar-refractivity contribution in [2.24, 2.45) is 0 Å². The van der Waals surface area contributed by atoms with Gasteiger partial charge in [0.1, 0.15) is 0 Å². The lowest BCUT2D eigenvalue weighted by atomic mass is 10.3. The van der Waals surface area contributed by atoms with Gasteiger partial charge in [-0.25, -0.2) is 8.78 Å². The maximum atomic E-state index is 12.6. The minimum atomic E-state index is -2.68. The molecule has 1 saturated heterocycles. The molecule has 1 fully saturated rings. The molecule has 1 aliphatic heterocycles. The number of allylic oxidation sites excluding steroid dienone is 1. The van der Waals surface area contributed by atoms with Crippen molar-refractivity contribution < 1.29 is 13.6 Å². The molecule has 1 rings (SSSR count). The predicted octanol–water partition coefficient (Wildman–Crippen LogP) is 1.43. The van der Waals surface area contributed by atoms with Gasteiger partial charge < -0.3 is 4.90 Å². The molecule has 0 unspecified atom stereocenters. The SMILES string of the molecule is C/C=C/C(=O)N1CCC(F)(F)C1. The van der Waals surface area contributed by atoms with Crippen LogP contribution >= 0.6 is 0 Å². The van der Waals surface area contributed by atoms with Gasteiger partial charge in [-0.2, -0.15) is 0 Å². The van der Waals surface area contributed by atoms with Gasteiger partial charge in [-0.05, 0) is 13.0 Å². The van der Waals surface area contributed by atoms with Crippen molar-refractivity contribution in [3.63, 3.8) is 0 Å². The van der Waals surface area contributed by atoms with Crippen molar-refractivity contribution in [3.05, 3.63) is 12.2 Å². The number of hydrogen-bond donors (Lipinski definition) is 0. The summed E-state index contributed by atoms with van der Waals surface area (Å²) in [5.41, 5.74) is 0. The van der Waals surface area contributed by atoms with Crippen LogP contribution in [0.25, 0.3) is 0 Å². The minimum Gasteiger partial charge on any atom is -0.333 e. The molecule has 0 aromatic carbocycles. The smallest absolute Gasteiger partial charge is 0.267 e. The Bertz CT molecular complexity index is 213. The fraction of sp³-hybridized carbons (Fsp3) is 0.625. The second kappa shape index (κ2) is 3.21. The van der Waals surface area contributed by atoms with E-state index in [0.29, 0.717) is 0 Å². The van der Waals surface area contributed by atoms with Crippen molar-refractivity contribution >= 4 is 5.91 Å². The van der Waals surface area contributed by atoms with Gasteiger partial charge >= 0.3 is 0 Å². The summed E-state index contributed by atoms with van der Waals surface area (Å²) < 4.78 is 25.2. The molecule has 0 saturated carbocycles. The number of amides is 1.